The van der Waals surface area contributed by atoms with Gasteiger partial charge >= 0.3 is 0 Å². The summed E-state index contributed by atoms with van der Waals surface area (Å²) in [4.78, 5) is 8.69. The molecule has 2 N–H and O–H groups in total. The minimum Gasteiger partial charge on any atom is -0.477 e. The summed E-state index contributed by atoms with van der Waals surface area (Å²) in [7, 11) is 0. The van der Waals surface area contributed by atoms with Gasteiger partial charge in [-0.3, -0.25) is 4.98 Å². The Bertz CT molecular complexity index is 447. The number of hydrogen-bond donors (Lipinski definition) is 2. The third-order valence-corrected chi connectivity index (χ3v) is 4.36. The lowest BCUT2D eigenvalue weighted by Crippen LogP contribution is -2.58. The summed E-state index contributed by atoms with van der Waals surface area (Å²) >= 11 is 0. The Morgan fingerprint density at radius 1 is 1.45 bits per heavy atom. The second-order valence-corrected chi connectivity index (χ2v) is 5.99. The molecule has 110 valence electrons. The van der Waals surface area contributed by atoms with E-state index in [0.29, 0.717) is 24.1 Å². The van der Waals surface area contributed by atoms with E-state index in [0.717, 1.165) is 25.2 Å². The van der Waals surface area contributed by atoms with Gasteiger partial charge in [0.25, 0.3) is 0 Å². The molecule has 2 fully saturated rings. The molecular weight excluding hydrogens is 252 g/mol. The molecule has 1 spiro atoms. The van der Waals surface area contributed by atoms with Gasteiger partial charge in [0.15, 0.2) is 0 Å². The largest absolute Gasteiger partial charge is 0.477 e. The monoisotopic (exact) mass is 276 g/mol. The molecule has 1 aliphatic carbocycles. The van der Waals surface area contributed by atoms with E-state index in [1.807, 2.05) is 0 Å². The van der Waals surface area contributed by atoms with Crippen molar-refractivity contribution in [1.29, 1.82) is 0 Å². The van der Waals surface area contributed by atoms with E-state index in [1.165, 1.54) is 25.7 Å². The van der Waals surface area contributed by atoms with Gasteiger partial charge in [0, 0.05) is 11.6 Å². The van der Waals surface area contributed by atoms with Crippen molar-refractivity contribution in [1.82, 2.24) is 15.3 Å². The third kappa shape index (κ3) is 3.03. The molecule has 0 aromatic carbocycles. The molecule has 1 saturated carbocycles. The van der Waals surface area contributed by atoms with Crippen LogP contribution in [0.25, 0.3) is 0 Å². The van der Waals surface area contributed by atoms with Crippen molar-refractivity contribution >= 4 is 5.82 Å². The smallest absolute Gasteiger partial charge is 0.234 e. The third-order valence-electron chi connectivity index (χ3n) is 4.36. The molecule has 1 aliphatic heterocycles. The molecular formula is C15H24N4O. The quantitative estimate of drug-likeness (QED) is 0.864. The van der Waals surface area contributed by atoms with Crippen LogP contribution in [0.4, 0.5) is 5.82 Å². The molecule has 0 amide bonds. The highest BCUT2D eigenvalue weighted by atomic mass is 16.5. The van der Waals surface area contributed by atoms with Gasteiger partial charge in [0.1, 0.15) is 5.82 Å². The van der Waals surface area contributed by atoms with Gasteiger partial charge in [0.05, 0.1) is 19.0 Å². The van der Waals surface area contributed by atoms with Crippen LogP contribution in [0, 0.1) is 0 Å². The molecule has 0 bridgehead atoms. The topological polar surface area (TPSA) is 59.1 Å². The van der Waals surface area contributed by atoms with Gasteiger partial charge in [-0.1, -0.05) is 6.92 Å². The molecule has 5 heteroatoms. The van der Waals surface area contributed by atoms with Crippen LogP contribution in [-0.2, 0) is 0 Å². The average molecular weight is 276 g/mol. The first-order valence-corrected chi connectivity index (χ1v) is 7.76. The van der Waals surface area contributed by atoms with Crippen LogP contribution >= 0.6 is 0 Å². The summed E-state index contributed by atoms with van der Waals surface area (Å²) in [6.45, 7) is 3.87. The zero-order valence-corrected chi connectivity index (χ0v) is 12.2. The Labute approximate surface area is 120 Å². The van der Waals surface area contributed by atoms with Crippen LogP contribution in [0.5, 0.6) is 5.88 Å². The molecule has 0 radical (unpaired) electrons. The number of anilines is 1. The fourth-order valence-electron chi connectivity index (χ4n) is 3.17. The first-order chi connectivity index (χ1) is 9.80. The SMILES string of the molecule is CCCOc1cncc(NC2CCNC3(CCC3)C2)n1. The van der Waals surface area contributed by atoms with E-state index in [9.17, 15) is 0 Å². The Morgan fingerprint density at radius 2 is 2.35 bits per heavy atom. The first kappa shape index (κ1) is 13.6. The maximum atomic E-state index is 5.53. The Morgan fingerprint density at radius 3 is 3.10 bits per heavy atom. The molecule has 1 aromatic heterocycles. The molecule has 1 saturated heterocycles. The van der Waals surface area contributed by atoms with Crippen molar-refractivity contribution in [2.45, 2.75) is 57.0 Å². The van der Waals surface area contributed by atoms with Crippen molar-refractivity contribution in [2.24, 2.45) is 0 Å². The molecule has 20 heavy (non-hydrogen) atoms. The number of ether oxygens (including phenoxy) is 1. The number of hydrogen-bond acceptors (Lipinski definition) is 5. The molecule has 1 unspecified atom stereocenters. The van der Waals surface area contributed by atoms with Crippen LogP contribution in [0.1, 0.15) is 45.4 Å². The average Bonchev–Trinajstić information content (AvgIpc) is 2.44. The highest BCUT2D eigenvalue weighted by molar-refractivity contribution is 5.35. The van der Waals surface area contributed by atoms with Gasteiger partial charge in [0.2, 0.25) is 5.88 Å². The predicted octanol–water partition coefficient (Wildman–Crippen LogP) is 2.35. The summed E-state index contributed by atoms with van der Waals surface area (Å²) in [6.07, 6.45) is 10.8. The zero-order chi connectivity index (χ0) is 13.8. The highest BCUT2D eigenvalue weighted by Crippen LogP contribution is 2.38. The van der Waals surface area contributed by atoms with E-state index in [2.05, 4.69) is 27.5 Å². The molecule has 3 rings (SSSR count). The summed E-state index contributed by atoms with van der Waals surface area (Å²) in [6, 6.07) is 0.493. The molecule has 1 aromatic rings. The maximum absolute atomic E-state index is 5.53. The van der Waals surface area contributed by atoms with E-state index in [1.54, 1.807) is 12.4 Å². The van der Waals surface area contributed by atoms with Gasteiger partial charge in [-0.25, -0.2) is 0 Å². The normalized spacial score (nSPS) is 24.1. The molecule has 2 aliphatic rings. The predicted molar refractivity (Wildman–Crippen MR) is 79.0 cm³/mol. The number of rotatable bonds is 5. The second kappa shape index (κ2) is 5.95. The number of nitrogens with zero attached hydrogens (tertiary/aromatic N) is 2. The van der Waals surface area contributed by atoms with Crippen molar-refractivity contribution in [3.05, 3.63) is 12.4 Å². The minimum atomic E-state index is 0.402. The lowest BCUT2D eigenvalue weighted by atomic mass is 9.70. The van der Waals surface area contributed by atoms with Crippen molar-refractivity contribution in [3.63, 3.8) is 0 Å². The first-order valence-electron chi connectivity index (χ1n) is 7.76. The van der Waals surface area contributed by atoms with Crippen LogP contribution in [-0.4, -0.2) is 34.7 Å². The summed E-state index contributed by atoms with van der Waals surface area (Å²) < 4.78 is 5.53. The van der Waals surface area contributed by atoms with Crippen molar-refractivity contribution in [3.8, 4) is 5.88 Å². The summed E-state index contributed by atoms with van der Waals surface area (Å²) in [5, 5.41) is 7.21. The summed E-state index contributed by atoms with van der Waals surface area (Å²) in [5.74, 6) is 1.45. The fourth-order valence-corrected chi connectivity index (χ4v) is 3.17. The fraction of sp³-hybridized carbons (Fsp3) is 0.733. The lowest BCUT2D eigenvalue weighted by molar-refractivity contribution is 0.135. The van der Waals surface area contributed by atoms with Crippen molar-refractivity contribution < 1.29 is 4.74 Å². The van der Waals surface area contributed by atoms with E-state index in [4.69, 9.17) is 4.74 Å². The summed E-state index contributed by atoms with van der Waals surface area (Å²) in [5.41, 5.74) is 0.402. The lowest BCUT2D eigenvalue weighted by Gasteiger charge is -2.48. The number of piperidine rings is 1. The Kier molecular flexibility index (Phi) is 4.05. The van der Waals surface area contributed by atoms with E-state index < -0.39 is 0 Å². The Hall–Kier alpha value is -1.36. The van der Waals surface area contributed by atoms with Crippen LogP contribution < -0.4 is 15.4 Å². The van der Waals surface area contributed by atoms with Gasteiger partial charge < -0.3 is 15.4 Å². The zero-order valence-electron chi connectivity index (χ0n) is 12.2. The molecule has 2 heterocycles. The maximum Gasteiger partial charge on any atom is 0.234 e. The van der Waals surface area contributed by atoms with Gasteiger partial charge in [-0.2, -0.15) is 4.98 Å². The minimum absolute atomic E-state index is 0.402. The van der Waals surface area contributed by atoms with E-state index in [-0.39, 0.29) is 0 Å². The highest BCUT2D eigenvalue weighted by Gasteiger charge is 2.40. The van der Waals surface area contributed by atoms with Crippen LogP contribution in [0.2, 0.25) is 0 Å². The number of nitrogens with one attached hydrogen (secondary N) is 2. The van der Waals surface area contributed by atoms with Crippen molar-refractivity contribution in [2.75, 3.05) is 18.5 Å². The molecule has 1 atom stereocenters. The van der Waals surface area contributed by atoms with Gasteiger partial charge in [-0.15, -0.1) is 0 Å². The van der Waals surface area contributed by atoms with E-state index >= 15 is 0 Å². The number of aromatic nitrogens is 2. The second-order valence-electron chi connectivity index (χ2n) is 5.99. The Balaban J connectivity index is 1.59. The standard InChI is InChI=1S/C15H24N4O/c1-2-8-20-14-11-16-10-13(19-14)18-12-4-7-17-15(9-12)5-3-6-15/h10-12,17H,2-9H2,1H3,(H,18,19). The molecule has 5 nitrogen and oxygen atoms in total. The van der Waals surface area contributed by atoms with Crippen LogP contribution in [0.15, 0.2) is 12.4 Å². The van der Waals surface area contributed by atoms with Crippen LogP contribution in [0.3, 0.4) is 0 Å². The van der Waals surface area contributed by atoms with Gasteiger partial charge in [-0.05, 0) is 45.1 Å².